The molecule has 3 rings (SSSR count). The number of hydrogen-bond donors (Lipinski definition) is 2. The second-order valence-electron chi connectivity index (χ2n) is 6.88. The fourth-order valence-electron chi connectivity index (χ4n) is 3.52. The first-order chi connectivity index (χ1) is 14.2. The number of fused-ring (bicyclic) bond motifs is 1. The molecular weight excluding hydrogens is 390 g/mol. The zero-order valence-electron chi connectivity index (χ0n) is 16.8. The molecule has 1 aromatic carbocycles. The number of anilines is 1. The van der Waals surface area contributed by atoms with E-state index >= 15 is 0 Å². The van der Waals surface area contributed by atoms with Crippen LogP contribution < -0.4 is 16.6 Å². The van der Waals surface area contributed by atoms with Gasteiger partial charge in [0.1, 0.15) is 12.4 Å². The molecule has 0 aliphatic carbocycles. The Morgan fingerprint density at radius 2 is 1.83 bits per heavy atom. The quantitative estimate of drug-likeness (QED) is 0.563. The van der Waals surface area contributed by atoms with Crippen LogP contribution in [0.25, 0.3) is 0 Å². The van der Waals surface area contributed by atoms with Crippen molar-refractivity contribution in [3.05, 3.63) is 85.7 Å². The summed E-state index contributed by atoms with van der Waals surface area (Å²) in [6, 6.07) is 5.88. The third-order valence-electron chi connectivity index (χ3n) is 5.03. The van der Waals surface area contributed by atoms with Crippen molar-refractivity contribution in [3.63, 3.8) is 0 Å². The van der Waals surface area contributed by atoms with E-state index in [1.54, 1.807) is 19.1 Å². The van der Waals surface area contributed by atoms with Crippen molar-refractivity contribution >= 4 is 17.8 Å². The molecule has 1 aromatic heterocycles. The van der Waals surface area contributed by atoms with Gasteiger partial charge in [0.05, 0.1) is 22.6 Å². The number of rotatable bonds is 5. The van der Waals surface area contributed by atoms with Gasteiger partial charge in [-0.15, -0.1) is 0 Å². The molecule has 2 heterocycles. The lowest BCUT2D eigenvalue weighted by Crippen LogP contribution is -2.43. The largest absolute Gasteiger partial charge is 0.478 e. The van der Waals surface area contributed by atoms with Crippen LogP contribution in [-0.2, 0) is 23.6 Å². The predicted octanol–water partition coefficient (Wildman–Crippen LogP) is 1.34. The van der Waals surface area contributed by atoms with Gasteiger partial charge in [0.25, 0.3) is 5.56 Å². The van der Waals surface area contributed by atoms with Gasteiger partial charge in [-0.05, 0) is 24.6 Å². The van der Waals surface area contributed by atoms with Gasteiger partial charge in [-0.1, -0.05) is 24.8 Å². The van der Waals surface area contributed by atoms with Crippen molar-refractivity contribution in [2.75, 3.05) is 11.9 Å². The van der Waals surface area contributed by atoms with Crippen LogP contribution in [0.15, 0.2) is 57.8 Å². The number of carboxylic acids is 1. The Balaban J connectivity index is 2.31. The Labute approximate surface area is 171 Å². The molecule has 0 unspecified atom stereocenters. The lowest BCUT2D eigenvalue weighted by molar-refractivity contribution is -0.138. The highest BCUT2D eigenvalue weighted by Crippen LogP contribution is 2.39. The number of benzene rings is 1. The van der Waals surface area contributed by atoms with Crippen LogP contribution in [0.1, 0.15) is 34.3 Å². The minimum absolute atomic E-state index is 0.0154. The number of nitrogens with zero attached hydrogens (tertiary/aromatic N) is 2. The molecule has 0 saturated heterocycles. The molecule has 2 aromatic rings. The highest BCUT2D eigenvalue weighted by Gasteiger charge is 2.37. The molecule has 1 aliphatic heterocycles. The van der Waals surface area contributed by atoms with Crippen molar-refractivity contribution in [2.24, 2.45) is 14.1 Å². The number of carbonyl (C=O) groups excluding carboxylic acids is 1. The Bertz CT molecular complexity index is 1200. The van der Waals surface area contributed by atoms with Gasteiger partial charge in [-0.25, -0.2) is 14.4 Å². The maximum absolute atomic E-state index is 13.1. The number of carbonyl (C=O) groups is 2. The summed E-state index contributed by atoms with van der Waals surface area (Å²) in [7, 11) is 2.88. The third-order valence-corrected chi connectivity index (χ3v) is 5.03. The molecule has 156 valence electrons. The summed E-state index contributed by atoms with van der Waals surface area (Å²) < 4.78 is 7.49. The Kier molecular flexibility index (Phi) is 5.46. The summed E-state index contributed by atoms with van der Waals surface area (Å²) in [6.45, 7) is 5.16. The van der Waals surface area contributed by atoms with Gasteiger partial charge >= 0.3 is 17.6 Å². The van der Waals surface area contributed by atoms with E-state index in [4.69, 9.17) is 4.74 Å². The lowest BCUT2D eigenvalue weighted by Gasteiger charge is -2.30. The smallest absolute Gasteiger partial charge is 0.337 e. The van der Waals surface area contributed by atoms with E-state index in [0.29, 0.717) is 11.3 Å². The molecule has 2 N–H and O–H groups in total. The fraction of sp³-hybridized carbons (Fsp3) is 0.238. The van der Waals surface area contributed by atoms with E-state index in [1.165, 1.54) is 36.9 Å². The van der Waals surface area contributed by atoms with Gasteiger partial charge in [0, 0.05) is 19.8 Å². The number of hydrogen-bond acceptors (Lipinski definition) is 6. The minimum atomic E-state index is -1.09. The van der Waals surface area contributed by atoms with Gasteiger partial charge in [0.15, 0.2) is 0 Å². The average molecular weight is 411 g/mol. The number of aromatic nitrogens is 2. The van der Waals surface area contributed by atoms with Crippen LogP contribution in [0.5, 0.6) is 0 Å². The number of aromatic carboxylic acids is 1. The molecule has 9 heteroatoms. The zero-order chi connectivity index (χ0) is 22.2. The Hall–Kier alpha value is -3.88. The molecule has 0 spiro atoms. The van der Waals surface area contributed by atoms with Crippen LogP contribution >= 0.6 is 0 Å². The Morgan fingerprint density at radius 1 is 1.20 bits per heavy atom. The maximum Gasteiger partial charge on any atom is 0.337 e. The van der Waals surface area contributed by atoms with Crippen LogP contribution in [-0.4, -0.2) is 32.8 Å². The molecular formula is C21H21N3O6. The molecule has 1 atom stereocenters. The highest BCUT2D eigenvalue weighted by atomic mass is 16.5. The summed E-state index contributed by atoms with van der Waals surface area (Å²) in [5.74, 6) is -2.32. The van der Waals surface area contributed by atoms with E-state index in [-0.39, 0.29) is 29.1 Å². The van der Waals surface area contributed by atoms with E-state index in [9.17, 15) is 24.3 Å². The summed E-state index contributed by atoms with van der Waals surface area (Å²) in [5, 5.41) is 12.2. The molecule has 0 radical (unpaired) electrons. The molecule has 0 saturated carbocycles. The number of carboxylic acid groups (broad SMARTS) is 1. The van der Waals surface area contributed by atoms with Crippen LogP contribution in [0, 0.1) is 0 Å². The number of ether oxygens (including phenoxy) is 1. The van der Waals surface area contributed by atoms with Crippen LogP contribution in [0.3, 0.4) is 0 Å². The van der Waals surface area contributed by atoms with Crippen LogP contribution in [0.2, 0.25) is 0 Å². The van der Waals surface area contributed by atoms with Gasteiger partial charge in [0.2, 0.25) is 0 Å². The molecule has 9 nitrogen and oxygen atoms in total. The standard InChI is InChI=1S/C21H21N3O6/c1-5-10-30-20(28)14-11(2)22-17-16(18(25)24(4)21(29)23(17)3)15(14)12-6-8-13(9-7-12)19(26)27/h5-9,15,22H,1,10H2,2-4H3,(H,26,27)/t15-/m1/s1. The molecule has 30 heavy (non-hydrogen) atoms. The van der Waals surface area contributed by atoms with Crippen molar-refractivity contribution < 1.29 is 19.4 Å². The maximum atomic E-state index is 13.1. The van der Waals surface area contributed by atoms with Crippen LogP contribution in [0.4, 0.5) is 5.82 Å². The summed E-state index contributed by atoms with van der Waals surface area (Å²) in [6.07, 6.45) is 1.43. The average Bonchev–Trinajstić information content (AvgIpc) is 2.73. The lowest BCUT2D eigenvalue weighted by atomic mass is 9.82. The predicted molar refractivity (Wildman–Crippen MR) is 110 cm³/mol. The second-order valence-corrected chi connectivity index (χ2v) is 6.88. The first-order valence-corrected chi connectivity index (χ1v) is 9.08. The monoisotopic (exact) mass is 411 g/mol. The Morgan fingerprint density at radius 3 is 2.40 bits per heavy atom. The van der Waals surface area contributed by atoms with Crippen molar-refractivity contribution in [1.82, 2.24) is 9.13 Å². The van der Waals surface area contributed by atoms with E-state index in [1.807, 2.05) is 0 Å². The van der Waals surface area contributed by atoms with E-state index in [0.717, 1.165) is 4.57 Å². The van der Waals surface area contributed by atoms with Crippen molar-refractivity contribution in [3.8, 4) is 0 Å². The van der Waals surface area contributed by atoms with Gasteiger partial charge < -0.3 is 15.2 Å². The van der Waals surface area contributed by atoms with Crippen molar-refractivity contribution in [1.29, 1.82) is 0 Å². The van der Waals surface area contributed by atoms with Gasteiger partial charge in [-0.3, -0.25) is 13.9 Å². The van der Waals surface area contributed by atoms with E-state index in [2.05, 4.69) is 11.9 Å². The van der Waals surface area contributed by atoms with Crippen molar-refractivity contribution in [2.45, 2.75) is 12.8 Å². The van der Waals surface area contributed by atoms with Gasteiger partial charge in [-0.2, -0.15) is 0 Å². The first-order valence-electron chi connectivity index (χ1n) is 9.08. The first kappa shape index (κ1) is 20.8. The number of allylic oxidation sites excluding steroid dienone is 1. The highest BCUT2D eigenvalue weighted by molar-refractivity contribution is 5.94. The van der Waals surface area contributed by atoms with E-state index < -0.39 is 29.1 Å². The molecule has 1 aliphatic rings. The second kappa shape index (κ2) is 7.86. The minimum Gasteiger partial charge on any atom is -0.478 e. The molecule has 0 amide bonds. The normalized spacial score (nSPS) is 15.2. The summed E-state index contributed by atoms with van der Waals surface area (Å²) >= 11 is 0. The number of nitrogens with one attached hydrogen (secondary N) is 1. The SMILES string of the molecule is C=CCOC(=O)C1=C(C)Nc2c(c(=O)n(C)c(=O)n2C)[C@@H]1c1ccc(C(=O)O)cc1. The molecule has 0 fully saturated rings. The molecule has 0 bridgehead atoms. The topological polar surface area (TPSA) is 120 Å². The fourth-order valence-corrected chi connectivity index (χ4v) is 3.52. The number of esters is 1. The third kappa shape index (κ3) is 3.34. The zero-order valence-corrected chi connectivity index (χ0v) is 16.8. The summed E-state index contributed by atoms with van der Waals surface area (Å²) in [5.41, 5.74) is 0.321. The summed E-state index contributed by atoms with van der Waals surface area (Å²) in [4.78, 5) is 49.5.